The average molecular weight is 258 g/mol. The van der Waals surface area contributed by atoms with Gasteiger partial charge in [0.2, 0.25) is 0 Å². The standard InChI is InChI=1S/C12H26N4O2/c1-18-12(17)11-16-8-5-14-4-7-15(9-10-16)6-2-3-13/h14H,2-11,13H2,1H3. The van der Waals surface area contributed by atoms with Crippen molar-refractivity contribution in [3.8, 4) is 0 Å². The number of nitrogens with two attached hydrogens (primary N) is 1. The smallest absolute Gasteiger partial charge is 0.319 e. The van der Waals surface area contributed by atoms with Crippen molar-refractivity contribution in [1.29, 1.82) is 0 Å². The first kappa shape index (κ1) is 15.4. The summed E-state index contributed by atoms with van der Waals surface area (Å²) < 4.78 is 4.72. The lowest BCUT2D eigenvalue weighted by molar-refractivity contribution is -0.141. The summed E-state index contributed by atoms with van der Waals surface area (Å²) in [5, 5.41) is 3.39. The van der Waals surface area contributed by atoms with Gasteiger partial charge in [-0.25, -0.2) is 0 Å². The van der Waals surface area contributed by atoms with Crippen LogP contribution in [0.5, 0.6) is 0 Å². The van der Waals surface area contributed by atoms with Gasteiger partial charge in [0, 0.05) is 39.3 Å². The third-order valence-electron chi connectivity index (χ3n) is 3.20. The van der Waals surface area contributed by atoms with Crippen molar-refractivity contribution in [2.24, 2.45) is 5.73 Å². The third-order valence-corrected chi connectivity index (χ3v) is 3.20. The van der Waals surface area contributed by atoms with E-state index in [2.05, 4.69) is 15.1 Å². The minimum absolute atomic E-state index is 0.164. The zero-order valence-electron chi connectivity index (χ0n) is 11.4. The van der Waals surface area contributed by atoms with Crippen LogP contribution in [0.1, 0.15) is 6.42 Å². The molecule has 1 aliphatic heterocycles. The fraction of sp³-hybridized carbons (Fsp3) is 0.917. The number of nitrogens with zero attached hydrogens (tertiary/aromatic N) is 2. The van der Waals surface area contributed by atoms with E-state index in [4.69, 9.17) is 10.5 Å². The van der Waals surface area contributed by atoms with E-state index in [1.54, 1.807) is 0 Å². The van der Waals surface area contributed by atoms with Crippen LogP contribution in [0.3, 0.4) is 0 Å². The van der Waals surface area contributed by atoms with Crippen molar-refractivity contribution in [3.05, 3.63) is 0 Å². The van der Waals surface area contributed by atoms with Crippen LogP contribution < -0.4 is 11.1 Å². The minimum Gasteiger partial charge on any atom is -0.468 e. The van der Waals surface area contributed by atoms with Gasteiger partial charge >= 0.3 is 5.97 Å². The van der Waals surface area contributed by atoms with E-state index in [1.165, 1.54) is 7.11 Å². The van der Waals surface area contributed by atoms with Gasteiger partial charge in [0.15, 0.2) is 0 Å². The number of esters is 1. The summed E-state index contributed by atoms with van der Waals surface area (Å²) in [4.78, 5) is 15.8. The highest BCUT2D eigenvalue weighted by Gasteiger charge is 2.14. The highest BCUT2D eigenvalue weighted by atomic mass is 16.5. The van der Waals surface area contributed by atoms with Crippen molar-refractivity contribution >= 4 is 5.97 Å². The summed E-state index contributed by atoms with van der Waals surface area (Å²) in [5.74, 6) is -0.164. The molecule has 6 heteroatoms. The van der Waals surface area contributed by atoms with Gasteiger partial charge in [-0.3, -0.25) is 9.69 Å². The summed E-state index contributed by atoms with van der Waals surface area (Å²) in [6, 6.07) is 0. The molecule has 1 aliphatic rings. The molecule has 1 saturated heterocycles. The molecule has 6 nitrogen and oxygen atoms in total. The van der Waals surface area contributed by atoms with Crippen LogP contribution in [0.2, 0.25) is 0 Å². The monoisotopic (exact) mass is 258 g/mol. The van der Waals surface area contributed by atoms with Crippen LogP contribution in [0.25, 0.3) is 0 Å². The van der Waals surface area contributed by atoms with E-state index in [9.17, 15) is 4.79 Å². The molecule has 18 heavy (non-hydrogen) atoms. The van der Waals surface area contributed by atoms with Crippen LogP contribution in [0.4, 0.5) is 0 Å². The van der Waals surface area contributed by atoms with Crippen LogP contribution in [-0.2, 0) is 9.53 Å². The molecular formula is C12H26N4O2. The van der Waals surface area contributed by atoms with Crippen molar-refractivity contribution in [2.75, 3.05) is 66.0 Å². The lowest BCUT2D eigenvalue weighted by Crippen LogP contribution is -2.39. The second-order valence-corrected chi connectivity index (χ2v) is 4.59. The molecule has 0 aromatic heterocycles. The van der Waals surface area contributed by atoms with E-state index in [-0.39, 0.29) is 5.97 Å². The zero-order valence-corrected chi connectivity index (χ0v) is 11.4. The second-order valence-electron chi connectivity index (χ2n) is 4.59. The van der Waals surface area contributed by atoms with Gasteiger partial charge in [0.05, 0.1) is 13.7 Å². The number of hydrogen-bond acceptors (Lipinski definition) is 6. The Morgan fingerprint density at radius 2 is 1.89 bits per heavy atom. The summed E-state index contributed by atoms with van der Waals surface area (Å²) in [7, 11) is 1.43. The van der Waals surface area contributed by atoms with Gasteiger partial charge in [-0.1, -0.05) is 0 Å². The highest BCUT2D eigenvalue weighted by molar-refractivity contribution is 5.71. The van der Waals surface area contributed by atoms with Crippen LogP contribution in [-0.4, -0.2) is 81.8 Å². The SMILES string of the molecule is COC(=O)CN1CCNCCN(CCCN)CC1. The number of ether oxygens (including phenoxy) is 1. The van der Waals surface area contributed by atoms with Crippen LogP contribution in [0, 0.1) is 0 Å². The Hall–Kier alpha value is -0.690. The molecule has 0 aromatic rings. The molecule has 0 saturated carbocycles. The molecule has 1 rings (SSSR count). The molecule has 1 fully saturated rings. The largest absolute Gasteiger partial charge is 0.468 e. The van der Waals surface area contributed by atoms with Gasteiger partial charge in [-0.15, -0.1) is 0 Å². The van der Waals surface area contributed by atoms with Crippen LogP contribution in [0.15, 0.2) is 0 Å². The summed E-state index contributed by atoms with van der Waals surface area (Å²) in [6.07, 6.45) is 1.02. The molecule has 0 spiro atoms. The van der Waals surface area contributed by atoms with E-state index < -0.39 is 0 Å². The minimum atomic E-state index is -0.164. The third kappa shape index (κ3) is 6.30. The van der Waals surface area contributed by atoms with E-state index in [1.807, 2.05) is 0 Å². The summed E-state index contributed by atoms with van der Waals surface area (Å²) in [6.45, 7) is 7.88. The molecule has 0 unspecified atom stereocenters. The molecule has 3 N–H and O–H groups in total. The quantitative estimate of drug-likeness (QED) is 0.598. The molecule has 0 aliphatic carbocycles. The summed E-state index contributed by atoms with van der Waals surface area (Å²) in [5.41, 5.74) is 5.54. The first-order valence-electron chi connectivity index (χ1n) is 6.68. The van der Waals surface area contributed by atoms with Gasteiger partial charge in [0.1, 0.15) is 0 Å². The fourth-order valence-electron chi connectivity index (χ4n) is 2.05. The number of carbonyl (C=O) groups is 1. The average Bonchev–Trinajstić information content (AvgIpc) is 2.49. The molecule has 106 valence electrons. The van der Waals surface area contributed by atoms with Crippen molar-refractivity contribution in [3.63, 3.8) is 0 Å². The predicted octanol–water partition coefficient (Wildman–Crippen LogP) is -1.28. The Morgan fingerprint density at radius 1 is 1.22 bits per heavy atom. The lowest BCUT2D eigenvalue weighted by atomic mass is 10.3. The molecule has 0 radical (unpaired) electrons. The number of carbonyl (C=O) groups excluding carboxylic acids is 1. The van der Waals surface area contributed by atoms with Crippen LogP contribution >= 0.6 is 0 Å². The topological polar surface area (TPSA) is 70.8 Å². The van der Waals surface area contributed by atoms with Crippen molar-refractivity contribution < 1.29 is 9.53 Å². The maximum absolute atomic E-state index is 11.3. The molecule has 0 atom stereocenters. The Balaban J connectivity index is 2.38. The first-order valence-corrected chi connectivity index (χ1v) is 6.68. The molecule has 0 bridgehead atoms. The van der Waals surface area contributed by atoms with Crippen molar-refractivity contribution in [2.45, 2.75) is 6.42 Å². The van der Waals surface area contributed by atoms with Gasteiger partial charge in [-0.05, 0) is 19.5 Å². The zero-order chi connectivity index (χ0) is 13.2. The highest BCUT2D eigenvalue weighted by Crippen LogP contribution is 1.97. The maximum Gasteiger partial charge on any atom is 0.319 e. The molecule has 1 heterocycles. The predicted molar refractivity (Wildman–Crippen MR) is 71.4 cm³/mol. The van der Waals surface area contributed by atoms with Gasteiger partial charge in [0.25, 0.3) is 0 Å². The van der Waals surface area contributed by atoms with Gasteiger partial charge < -0.3 is 20.7 Å². The van der Waals surface area contributed by atoms with E-state index >= 15 is 0 Å². The molecule has 0 amide bonds. The Kier molecular flexibility index (Phi) is 7.91. The normalized spacial score (nSPS) is 19.9. The summed E-state index contributed by atoms with van der Waals surface area (Å²) >= 11 is 0. The Morgan fingerprint density at radius 3 is 2.56 bits per heavy atom. The Labute approximate surface area is 109 Å². The van der Waals surface area contributed by atoms with Gasteiger partial charge in [-0.2, -0.15) is 0 Å². The fourth-order valence-corrected chi connectivity index (χ4v) is 2.05. The van der Waals surface area contributed by atoms with Crippen molar-refractivity contribution in [1.82, 2.24) is 15.1 Å². The molecular weight excluding hydrogens is 232 g/mol. The number of hydrogen-bond donors (Lipinski definition) is 2. The lowest BCUT2D eigenvalue weighted by Gasteiger charge is -2.24. The Bertz CT molecular complexity index is 238. The maximum atomic E-state index is 11.3. The second kappa shape index (κ2) is 9.27. The molecule has 0 aromatic carbocycles. The number of methoxy groups -OCH3 is 1. The van der Waals surface area contributed by atoms with E-state index in [0.29, 0.717) is 6.54 Å². The number of rotatable bonds is 5. The number of nitrogens with one attached hydrogen (secondary N) is 1. The first-order chi connectivity index (χ1) is 8.76. The van der Waals surface area contributed by atoms with E-state index in [0.717, 1.165) is 58.8 Å².